The highest BCUT2D eigenvalue weighted by Gasteiger charge is 2.36. The zero-order chi connectivity index (χ0) is 10.7. The maximum absolute atomic E-state index is 12.0. The minimum Gasteiger partial charge on any atom is -0.339 e. The van der Waals surface area contributed by atoms with Gasteiger partial charge in [-0.25, -0.2) is 0 Å². The highest BCUT2D eigenvalue weighted by Crippen LogP contribution is 2.36. The van der Waals surface area contributed by atoms with Crippen molar-refractivity contribution >= 4 is 5.91 Å². The van der Waals surface area contributed by atoms with Crippen molar-refractivity contribution in [2.75, 3.05) is 20.1 Å². The van der Waals surface area contributed by atoms with Gasteiger partial charge in [-0.2, -0.15) is 0 Å². The summed E-state index contributed by atoms with van der Waals surface area (Å²) in [6.45, 7) is 1.82. The molecule has 1 aliphatic carbocycles. The Labute approximate surface area is 92.2 Å². The van der Waals surface area contributed by atoms with Crippen molar-refractivity contribution in [3.05, 3.63) is 0 Å². The molecule has 2 rings (SSSR count). The zero-order valence-corrected chi connectivity index (χ0v) is 9.67. The van der Waals surface area contributed by atoms with Gasteiger partial charge in [-0.3, -0.25) is 4.79 Å². The van der Waals surface area contributed by atoms with Crippen LogP contribution in [0.15, 0.2) is 0 Å². The van der Waals surface area contributed by atoms with E-state index in [4.69, 9.17) is 0 Å². The summed E-state index contributed by atoms with van der Waals surface area (Å²) in [5.41, 5.74) is 0. The normalized spacial score (nSPS) is 30.3. The van der Waals surface area contributed by atoms with Crippen LogP contribution in [0.2, 0.25) is 0 Å². The van der Waals surface area contributed by atoms with Gasteiger partial charge in [0.25, 0.3) is 0 Å². The summed E-state index contributed by atoms with van der Waals surface area (Å²) in [7, 11) is 1.90. The van der Waals surface area contributed by atoms with E-state index in [0.717, 1.165) is 19.0 Å². The van der Waals surface area contributed by atoms with Crippen LogP contribution in [0.4, 0.5) is 0 Å². The van der Waals surface area contributed by atoms with Crippen LogP contribution in [0.25, 0.3) is 0 Å². The lowest BCUT2D eigenvalue weighted by Gasteiger charge is -2.38. The molecule has 0 spiro atoms. The highest BCUT2D eigenvalue weighted by molar-refractivity contribution is 5.76. The summed E-state index contributed by atoms with van der Waals surface area (Å²) in [6, 6.07) is 0.586. The largest absolute Gasteiger partial charge is 0.339 e. The molecule has 0 radical (unpaired) electrons. The van der Waals surface area contributed by atoms with Crippen LogP contribution in [0.3, 0.4) is 0 Å². The third kappa shape index (κ3) is 2.33. The Balaban J connectivity index is 1.92. The molecule has 1 heterocycles. The molecular formula is C12H22N2O. The Morgan fingerprint density at radius 2 is 2.13 bits per heavy atom. The Morgan fingerprint density at radius 1 is 1.33 bits per heavy atom. The second-order valence-electron chi connectivity index (χ2n) is 4.84. The third-order valence-corrected chi connectivity index (χ3v) is 3.90. The first-order valence-corrected chi connectivity index (χ1v) is 6.27. The Morgan fingerprint density at radius 3 is 2.93 bits per heavy atom. The quantitative estimate of drug-likeness (QED) is 0.763. The van der Waals surface area contributed by atoms with Crippen molar-refractivity contribution in [3.8, 4) is 0 Å². The van der Waals surface area contributed by atoms with Gasteiger partial charge in [0.15, 0.2) is 0 Å². The van der Waals surface area contributed by atoms with Gasteiger partial charge in [0.05, 0.1) is 0 Å². The lowest BCUT2D eigenvalue weighted by Crippen LogP contribution is -2.46. The first kappa shape index (κ1) is 10.9. The number of amides is 1. The Hall–Kier alpha value is -0.570. The molecule has 0 aromatic carbocycles. The molecular weight excluding hydrogens is 188 g/mol. The number of carbonyl (C=O) groups excluding carboxylic acids is 1. The average Bonchev–Trinajstić information content (AvgIpc) is 2.73. The topological polar surface area (TPSA) is 32.3 Å². The van der Waals surface area contributed by atoms with Gasteiger partial charge in [-0.1, -0.05) is 6.42 Å². The number of nitrogens with one attached hydrogen (secondary N) is 1. The first-order valence-electron chi connectivity index (χ1n) is 6.27. The molecule has 86 valence electrons. The van der Waals surface area contributed by atoms with E-state index in [2.05, 4.69) is 10.2 Å². The SMILES string of the molecule is CNCCC(=O)N1CCCC2CCCC21. The van der Waals surface area contributed by atoms with Crippen LogP contribution in [0.1, 0.15) is 38.5 Å². The molecule has 0 aromatic heterocycles. The summed E-state index contributed by atoms with van der Waals surface area (Å²) in [4.78, 5) is 14.2. The number of hydrogen-bond acceptors (Lipinski definition) is 2. The number of carbonyl (C=O) groups is 1. The minimum atomic E-state index is 0.362. The predicted molar refractivity (Wildman–Crippen MR) is 60.6 cm³/mol. The van der Waals surface area contributed by atoms with Crippen molar-refractivity contribution < 1.29 is 4.79 Å². The molecule has 1 aliphatic heterocycles. The van der Waals surface area contributed by atoms with Gasteiger partial charge >= 0.3 is 0 Å². The second kappa shape index (κ2) is 4.97. The van der Waals surface area contributed by atoms with Gasteiger partial charge in [-0.05, 0) is 38.6 Å². The third-order valence-electron chi connectivity index (χ3n) is 3.90. The summed E-state index contributed by atoms with van der Waals surface area (Å²) < 4.78 is 0. The van der Waals surface area contributed by atoms with Crippen molar-refractivity contribution in [3.63, 3.8) is 0 Å². The van der Waals surface area contributed by atoms with Crippen LogP contribution in [-0.4, -0.2) is 37.0 Å². The monoisotopic (exact) mass is 210 g/mol. The van der Waals surface area contributed by atoms with Gasteiger partial charge < -0.3 is 10.2 Å². The summed E-state index contributed by atoms with van der Waals surface area (Å²) in [5.74, 6) is 1.18. The minimum absolute atomic E-state index is 0.362. The van der Waals surface area contributed by atoms with E-state index in [1.165, 1.54) is 32.1 Å². The number of piperidine rings is 1. The molecule has 0 bridgehead atoms. The summed E-state index contributed by atoms with van der Waals surface area (Å²) in [6.07, 6.45) is 7.15. The lowest BCUT2D eigenvalue weighted by atomic mass is 9.92. The van der Waals surface area contributed by atoms with Crippen molar-refractivity contribution in [2.45, 2.75) is 44.6 Å². The molecule has 1 N–H and O–H groups in total. The van der Waals surface area contributed by atoms with Gasteiger partial charge in [0.1, 0.15) is 0 Å². The van der Waals surface area contributed by atoms with Crippen LogP contribution in [0, 0.1) is 5.92 Å². The lowest BCUT2D eigenvalue weighted by molar-refractivity contribution is -0.135. The predicted octanol–water partition coefficient (Wildman–Crippen LogP) is 1.39. The maximum atomic E-state index is 12.0. The van der Waals surface area contributed by atoms with E-state index in [0.29, 0.717) is 18.4 Å². The molecule has 2 unspecified atom stereocenters. The fraction of sp³-hybridized carbons (Fsp3) is 0.917. The van der Waals surface area contributed by atoms with E-state index in [1.807, 2.05) is 7.05 Å². The Kier molecular flexibility index (Phi) is 3.62. The van der Waals surface area contributed by atoms with Gasteiger partial charge in [0, 0.05) is 25.6 Å². The molecule has 0 aromatic rings. The van der Waals surface area contributed by atoms with E-state index >= 15 is 0 Å². The molecule has 1 amide bonds. The Bertz CT molecular complexity index is 230. The van der Waals surface area contributed by atoms with E-state index in [-0.39, 0.29) is 0 Å². The van der Waals surface area contributed by atoms with Crippen molar-refractivity contribution in [1.82, 2.24) is 10.2 Å². The molecule has 15 heavy (non-hydrogen) atoms. The first-order chi connectivity index (χ1) is 7.33. The summed E-state index contributed by atoms with van der Waals surface area (Å²) in [5, 5.41) is 3.05. The van der Waals surface area contributed by atoms with Crippen LogP contribution < -0.4 is 5.32 Å². The van der Waals surface area contributed by atoms with Crippen molar-refractivity contribution in [1.29, 1.82) is 0 Å². The van der Waals surface area contributed by atoms with Crippen molar-refractivity contribution in [2.24, 2.45) is 5.92 Å². The van der Waals surface area contributed by atoms with E-state index < -0.39 is 0 Å². The number of rotatable bonds is 3. The maximum Gasteiger partial charge on any atom is 0.224 e. The smallest absolute Gasteiger partial charge is 0.224 e. The van der Waals surface area contributed by atoms with Gasteiger partial charge in [0.2, 0.25) is 5.91 Å². The average molecular weight is 210 g/mol. The molecule has 3 nitrogen and oxygen atoms in total. The molecule has 1 saturated heterocycles. The van der Waals surface area contributed by atoms with Crippen LogP contribution in [-0.2, 0) is 4.79 Å². The number of likely N-dealkylation sites (tertiary alicyclic amines) is 1. The molecule has 2 aliphatic rings. The molecule has 1 saturated carbocycles. The number of nitrogens with zero attached hydrogens (tertiary/aromatic N) is 1. The summed E-state index contributed by atoms with van der Waals surface area (Å²) >= 11 is 0. The standard InChI is InChI=1S/C12H22N2O/c1-13-8-7-12(15)14-9-3-5-10-4-2-6-11(10)14/h10-11,13H,2-9H2,1H3. The fourth-order valence-electron chi connectivity index (χ4n) is 3.14. The zero-order valence-electron chi connectivity index (χ0n) is 9.67. The number of fused-ring (bicyclic) bond motifs is 1. The van der Waals surface area contributed by atoms with E-state index in [1.54, 1.807) is 0 Å². The second-order valence-corrected chi connectivity index (χ2v) is 4.84. The molecule has 3 heteroatoms. The molecule has 2 atom stereocenters. The van der Waals surface area contributed by atoms with E-state index in [9.17, 15) is 4.79 Å². The van der Waals surface area contributed by atoms with Gasteiger partial charge in [-0.15, -0.1) is 0 Å². The number of hydrogen-bond donors (Lipinski definition) is 1. The van der Waals surface area contributed by atoms with Crippen LogP contribution in [0.5, 0.6) is 0 Å². The highest BCUT2D eigenvalue weighted by atomic mass is 16.2. The molecule has 2 fully saturated rings. The fourth-order valence-corrected chi connectivity index (χ4v) is 3.14. The van der Waals surface area contributed by atoms with Crippen LogP contribution >= 0.6 is 0 Å².